The van der Waals surface area contributed by atoms with Crippen molar-refractivity contribution in [3.63, 3.8) is 0 Å². The van der Waals surface area contributed by atoms with Gasteiger partial charge in [-0.25, -0.2) is 0 Å². The molecule has 0 aliphatic heterocycles. The van der Waals surface area contributed by atoms with Gasteiger partial charge >= 0.3 is 6.18 Å². The zero-order valence-corrected chi connectivity index (χ0v) is 12.8. The molecule has 2 aromatic rings. The van der Waals surface area contributed by atoms with E-state index in [4.69, 9.17) is 0 Å². The van der Waals surface area contributed by atoms with E-state index in [1.807, 2.05) is 0 Å². The average Bonchev–Trinajstić information content (AvgIpc) is 2.70. The first-order valence-corrected chi connectivity index (χ1v) is 7.07. The summed E-state index contributed by atoms with van der Waals surface area (Å²) in [7, 11) is 1.71. The predicted molar refractivity (Wildman–Crippen MR) is 71.8 cm³/mol. The smallest absolute Gasteiger partial charge is 0.313 e. The lowest BCUT2D eigenvalue weighted by molar-refractivity contribution is -0.138. The molecule has 0 fully saturated rings. The minimum Gasteiger partial charge on any atom is -0.313 e. The normalized spacial score (nSPS) is 11.9. The van der Waals surface area contributed by atoms with Gasteiger partial charge in [-0.2, -0.15) is 13.2 Å². The number of nitrogens with zero attached hydrogens (tertiary/aromatic N) is 3. The Morgan fingerprint density at radius 1 is 1.26 bits per heavy atom. The number of halogens is 5. The number of hydrogen-bond acceptors (Lipinski definition) is 2. The molecule has 0 unspecified atom stereocenters. The van der Waals surface area contributed by atoms with Crippen molar-refractivity contribution in [3.8, 4) is 11.4 Å². The van der Waals surface area contributed by atoms with Gasteiger partial charge in [0.1, 0.15) is 5.82 Å². The van der Waals surface area contributed by atoms with Crippen LogP contribution in [-0.2, 0) is 18.6 Å². The molecule has 0 atom stereocenters. The molecule has 8 heteroatoms. The molecule has 2 rings (SSSR count). The first-order valence-electron chi connectivity index (χ1n) is 5.16. The second-order valence-electron chi connectivity index (χ2n) is 3.82. The van der Waals surface area contributed by atoms with E-state index in [2.05, 4.69) is 42.1 Å². The third-order valence-corrected chi connectivity index (χ3v) is 3.81. The molecule has 0 amide bonds. The fraction of sp³-hybridized carbons (Fsp3) is 0.273. The van der Waals surface area contributed by atoms with Crippen LogP contribution in [0.2, 0.25) is 0 Å². The van der Waals surface area contributed by atoms with E-state index < -0.39 is 11.7 Å². The molecule has 0 N–H and O–H groups in total. The largest absolute Gasteiger partial charge is 0.417 e. The SMILES string of the molecule is Cn1c(CBr)nnc1-c1ccc(Br)c(C(F)(F)F)c1. The van der Waals surface area contributed by atoms with Crippen LogP contribution >= 0.6 is 31.9 Å². The summed E-state index contributed by atoms with van der Waals surface area (Å²) in [6.07, 6.45) is -4.41. The highest BCUT2D eigenvalue weighted by molar-refractivity contribution is 9.10. The van der Waals surface area contributed by atoms with E-state index in [1.54, 1.807) is 17.7 Å². The van der Waals surface area contributed by atoms with Crippen LogP contribution in [0.4, 0.5) is 13.2 Å². The Morgan fingerprint density at radius 3 is 2.47 bits per heavy atom. The van der Waals surface area contributed by atoms with Crippen molar-refractivity contribution < 1.29 is 13.2 Å². The van der Waals surface area contributed by atoms with E-state index >= 15 is 0 Å². The summed E-state index contributed by atoms with van der Waals surface area (Å²) in [4.78, 5) is 0. The zero-order chi connectivity index (χ0) is 14.2. The van der Waals surface area contributed by atoms with Crippen molar-refractivity contribution in [2.24, 2.45) is 7.05 Å². The molecule has 0 saturated heterocycles. The van der Waals surface area contributed by atoms with Gasteiger partial charge in [0.05, 0.1) is 10.9 Å². The van der Waals surface area contributed by atoms with Gasteiger partial charge in [0.25, 0.3) is 0 Å². The molecule has 0 aliphatic rings. The lowest BCUT2D eigenvalue weighted by Gasteiger charge is -2.11. The molecule has 1 aromatic carbocycles. The zero-order valence-electron chi connectivity index (χ0n) is 9.67. The second kappa shape index (κ2) is 5.24. The summed E-state index contributed by atoms with van der Waals surface area (Å²) < 4.78 is 40.2. The van der Waals surface area contributed by atoms with Crippen LogP contribution in [0.1, 0.15) is 11.4 Å². The Bertz CT molecular complexity index is 608. The number of benzene rings is 1. The van der Waals surface area contributed by atoms with Crippen molar-refractivity contribution in [2.45, 2.75) is 11.5 Å². The van der Waals surface area contributed by atoms with Gasteiger partial charge in [-0.05, 0) is 12.1 Å². The standard InChI is InChI=1S/C11H8Br2F3N3/c1-19-9(5-12)17-18-10(19)6-2-3-8(13)7(4-6)11(14,15)16/h2-4H,5H2,1H3. The van der Waals surface area contributed by atoms with Crippen LogP contribution in [0.25, 0.3) is 11.4 Å². The van der Waals surface area contributed by atoms with E-state index in [9.17, 15) is 13.2 Å². The van der Waals surface area contributed by atoms with Crippen LogP contribution < -0.4 is 0 Å². The first-order chi connectivity index (χ1) is 8.84. The Balaban J connectivity index is 2.55. The third-order valence-electron chi connectivity index (χ3n) is 2.61. The molecule has 0 aliphatic carbocycles. The molecular weight excluding hydrogens is 391 g/mol. The molecule has 0 bridgehead atoms. The Hall–Kier alpha value is -0.890. The molecule has 3 nitrogen and oxygen atoms in total. The summed E-state index contributed by atoms with van der Waals surface area (Å²) in [5.41, 5.74) is -0.355. The maximum Gasteiger partial charge on any atom is 0.417 e. The molecule has 19 heavy (non-hydrogen) atoms. The summed E-state index contributed by atoms with van der Waals surface area (Å²) in [5, 5.41) is 8.29. The molecule has 0 spiro atoms. The quantitative estimate of drug-likeness (QED) is 0.711. The van der Waals surface area contributed by atoms with Crippen molar-refractivity contribution in [2.75, 3.05) is 0 Å². The maximum atomic E-state index is 12.8. The Labute approximate surface area is 124 Å². The summed E-state index contributed by atoms with van der Waals surface area (Å²) in [5.74, 6) is 1.04. The van der Waals surface area contributed by atoms with Gasteiger partial charge in [0.2, 0.25) is 0 Å². The van der Waals surface area contributed by atoms with E-state index in [0.29, 0.717) is 22.5 Å². The lowest BCUT2D eigenvalue weighted by Crippen LogP contribution is -2.06. The Morgan fingerprint density at radius 2 is 1.95 bits per heavy atom. The van der Waals surface area contributed by atoms with Crippen molar-refractivity contribution in [3.05, 3.63) is 34.1 Å². The summed E-state index contributed by atoms with van der Waals surface area (Å²) >= 11 is 6.15. The third kappa shape index (κ3) is 2.84. The van der Waals surface area contributed by atoms with Crippen LogP contribution in [0, 0.1) is 0 Å². The van der Waals surface area contributed by atoms with Gasteiger partial charge in [-0.3, -0.25) is 0 Å². The maximum absolute atomic E-state index is 12.8. The number of aromatic nitrogens is 3. The summed E-state index contributed by atoms with van der Waals surface area (Å²) in [6, 6.07) is 3.99. The van der Waals surface area contributed by atoms with Crippen molar-refractivity contribution >= 4 is 31.9 Å². The van der Waals surface area contributed by atoms with Gasteiger partial charge < -0.3 is 4.57 Å². The topological polar surface area (TPSA) is 30.7 Å². The molecular formula is C11H8Br2F3N3. The van der Waals surface area contributed by atoms with E-state index in [1.165, 1.54) is 6.07 Å². The molecule has 1 heterocycles. The number of hydrogen-bond donors (Lipinski definition) is 0. The van der Waals surface area contributed by atoms with E-state index in [0.717, 1.165) is 6.07 Å². The minimum atomic E-state index is -4.41. The van der Waals surface area contributed by atoms with Crippen LogP contribution in [0.3, 0.4) is 0 Å². The minimum absolute atomic E-state index is 0.00614. The molecule has 1 aromatic heterocycles. The fourth-order valence-corrected chi connectivity index (χ4v) is 2.57. The average molecular weight is 399 g/mol. The van der Waals surface area contributed by atoms with Crippen molar-refractivity contribution in [1.82, 2.24) is 14.8 Å². The van der Waals surface area contributed by atoms with Gasteiger partial charge in [-0.15, -0.1) is 10.2 Å². The van der Waals surface area contributed by atoms with E-state index in [-0.39, 0.29) is 4.47 Å². The number of rotatable bonds is 2. The lowest BCUT2D eigenvalue weighted by atomic mass is 10.1. The second-order valence-corrected chi connectivity index (χ2v) is 5.24. The van der Waals surface area contributed by atoms with Gasteiger partial charge in [-0.1, -0.05) is 37.9 Å². The van der Waals surface area contributed by atoms with Crippen LogP contribution in [0.5, 0.6) is 0 Å². The van der Waals surface area contributed by atoms with Crippen LogP contribution in [-0.4, -0.2) is 14.8 Å². The Kier molecular flexibility index (Phi) is 4.00. The molecule has 0 radical (unpaired) electrons. The monoisotopic (exact) mass is 397 g/mol. The molecule has 102 valence electrons. The first kappa shape index (κ1) is 14.5. The molecule has 0 saturated carbocycles. The summed E-state index contributed by atoms with van der Waals surface area (Å²) in [6.45, 7) is 0. The fourth-order valence-electron chi connectivity index (χ4n) is 1.61. The van der Waals surface area contributed by atoms with Gasteiger partial charge in [0.15, 0.2) is 5.82 Å². The van der Waals surface area contributed by atoms with Gasteiger partial charge in [0, 0.05) is 17.1 Å². The predicted octanol–water partition coefficient (Wildman–Crippen LogP) is 4.16. The van der Waals surface area contributed by atoms with Crippen molar-refractivity contribution in [1.29, 1.82) is 0 Å². The van der Waals surface area contributed by atoms with Crippen LogP contribution in [0.15, 0.2) is 22.7 Å². The highest BCUT2D eigenvalue weighted by Crippen LogP contribution is 2.37. The number of alkyl halides is 4. The highest BCUT2D eigenvalue weighted by Gasteiger charge is 2.33. The highest BCUT2D eigenvalue weighted by atomic mass is 79.9.